The largest absolute Gasteiger partial charge is 0.382 e. The number of hydrogen-bond donors (Lipinski definition) is 3. The van der Waals surface area contributed by atoms with Gasteiger partial charge in [0, 0.05) is 25.2 Å². The van der Waals surface area contributed by atoms with E-state index in [1.165, 1.54) is 4.57 Å². The van der Waals surface area contributed by atoms with Gasteiger partial charge in [-0.15, -0.1) is 24.8 Å². The molecule has 2 aliphatic rings. The number of nitrogens with one attached hydrogen (secondary N) is 3. The number of anilines is 1. The number of nitrogens with zero attached hydrogens (tertiary/aromatic N) is 2. The number of piperidine rings is 2. The Morgan fingerprint density at radius 1 is 1.04 bits per heavy atom. The maximum absolute atomic E-state index is 12.7. The minimum absolute atomic E-state index is 0. The highest BCUT2D eigenvalue weighted by Gasteiger charge is 2.31. The van der Waals surface area contributed by atoms with Crippen LogP contribution < -0.4 is 21.6 Å². The van der Waals surface area contributed by atoms with Crippen molar-refractivity contribution < 1.29 is 9.59 Å². The Kier molecular flexibility index (Phi) is 7.14. The van der Waals surface area contributed by atoms with Gasteiger partial charge in [0.2, 0.25) is 11.8 Å². The minimum Gasteiger partial charge on any atom is -0.382 e. The number of fused-ring (bicyclic) bond motifs is 1. The van der Waals surface area contributed by atoms with Crippen LogP contribution >= 0.6 is 24.8 Å². The van der Waals surface area contributed by atoms with Gasteiger partial charge in [0.05, 0.1) is 11.0 Å². The highest BCUT2D eigenvalue weighted by molar-refractivity contribution is 6.00. The zero-order valence-corrected chi connectivity index (χ0v) is 17.2. The number of imidazole rings is 1. The number of imide groups is 1. The minimum atomic E-state index is -0.646. The molecule has 3 heterocycles. The zero-order valence-electron chi connectivity index (χ0n) is 15.6. The van der Waals surface area contributed by atoms with Crippen LogP contribution in [0.1, 0.15) is 31.7 Å². The van der Waals surface area contributed by atoms with Crippen LogP contribution in [0, 0.1) is 0 Å². The van der Waals surface area contributed by atoms with Gasteiger partial charge in [-0.2, -0.15) is 0 Å². The molecule has 4 rings (SSSR count). The van der Waals surface area contributed by atoms with Crippen LogP contribution in [-0.4, -0.2) is 40.1 Å². The fourth-order valence-electron chi connectivity index (χ4n) is 3.88. The normalized spacial score (nSPS) is 20.2. The maximum atomic E-state index is 12.7. The van der Waals surface area contributed by atoms with Gasteiger partial charge in [0.15, 0.2) is 0 Å². The van der Waals surface area contributed by atoms with Crippen molar-refractivity contribution in [3.8, 4) is 0 Å². The molecule has 3 N–H and O–H groups in total. The number of aryl methyl sites for hydroxylation is 1. The molecule has 10 heteroatoms. The van der Waals surface area contributed by atoms with Crippen molar-refractivity contribution in [2.75, 3.05) is 18.4 Å². The summed E-state index contributed by atoms with van der Waals surface area (Å²) < 4.78 is 3.07. The predicted molar refractivity (Wildman–Crippen MR) is 113 cm³/mol. The second kappa shape index (κ2) is 8.98. The van der Waals surface area contributed by atoms with E-state index in [1.54, 1.807) is 11.6 Å². The molecule has 0 radical (unpaired) electrons. The molecular formula is C18H25Cl2N5O3. The van der Waals surface area contributed by atoms with Crippen molar-refractivity contribution in [2.45, 2.75) is 37.8 Å². The van der Waals surface area contributed by atoms with Crippen LogP contribution in [0.25, 0.3) is 11.0 Å². The van der Waals surface area contributed by atoms with Crippen LogP contribution in [0.3, 0.4) is 0 Å². The van der Waals surface area contributed by atoms with E-state index in [4.69, 9.17) is 0 Å². The van der Waals surface area contributed by atoms with Gasteiger partial charge < -0.3 is 10.6 Å². The quantitative estimate of drug-likeness (QED) is 0.639. The SMILES string of the molecule is Cl.Cl.Cn1c(=O)n(C2CCC(=O)NC2=O)c2ccc(NC3CCNCC3)cc21. The summed E-state index contributed by atoms with van der Waals surface area (Å²) in [6.07, 6.45) is 2.72. The molecule has 1 unspecified atom stereocenters. The molecule has 0 spiro atoms. The smallest absolute Gasteiger partial charge is 0.329 e. The number of hydrogen-bond acceptors (Lipinski definition) is 5. The Morgan fingerprint density at radius 3 is 2.43 bits per heavy atom. The molecule has 8 nitrogen and oxygen atoms in total. The number of carbonyl (C=O) groups is 2. The van der Waals surface area contributed by atoms with E-state index < -0.39 is 11.9 Å². The van der Waals surface area contributed by atoms with Crippen molar-refractivity contribution in [1.29, 1.82) is 0 Å². The lowest BCUT2D eigenvalue weighted by atomic mass is 10.1. The van der Waals surface area contributed by atoms with E-state index in [1.807, 2.05) is 18.2 Å². The van der Waals surface area contributed by atoms with E-state index >= 15 is 0 Å². The molecule has 154 valence electrons. The van der Waals surface area contributed by atoms with Gasteiger partial charge in [0.25, 0.3) is 0 Å². The van der Waals surface area contributed by atoms with Gasteiger partial charge in [-0.1, -0.05) is 0 Å². The number of benzene rings is 1. The van der Waals surface area contributed by atoms with Gasteiger partial charge in [-0.05, 0) is 50.6 Å². The van der Waals surface area contributed by atoms with Gasteiger partial charge >= 0.3 is 5.69 Å². The summed E-state index contributed by atoms with van der Waals surface area (Å²) in [4.78, 5) is 36.4. The summed E-state index contributed by atoms with van der Waals surface area (Å²) in [5, 5.41) is 9.21. The lowest BCUT2D eigenvalue weighted by Crippen LogP contribution is -2.44. The van der Waals surface area contributed by atoms with Crippen LogP contribution in [0.2, 0.25) is 0 Å². The molecule has 2 amide bonds. The average molecular weight is 430 g/mol. The molecule has 0 aliphatic carbocycles. The molecule has 2 fully saturated rings. The first-order valence-electron chi connectivity index (χ1n) is 9.06. The van der Waals surface area contributed by atoms with Crippen LogP contribution in [0.15, 0.2) is 23.0 Å². The van der Waals surface area contributed by atoms with Crippen molar-refractivity contribution in [2.24, 2.45) is 7.05 Å². The Hall–Kier alpha value is -2.03. The number of rotatable bonds is 3. The van der Waals surface area contributed by atoms with Gasteiger partial charge in [0.1, 0.15) is 6.04 Å². The van der Waals surface area contributed by atoms with Crippen molar-refractivity contribution >= 4 is 53.3 Å². The topological polar surface area (TPSA) is 97.2 Å². The van der Waals surface area contributed by atoms with Crippen molar-refractivity contribution in [3.63, 3.8) is 0 Å². The van der Waals surface area contributed by atoms with E-state index in [0.29, 0.717) is 18.0 Å². The summed E-state index contributed by atoms with van der Waals surface area (Å²) in [6.45, 7) is 2.01. The van der Waals surface area contributed by atoms with Crippen LogP contribution in [0.5, 0.6) is 0 Å². The fourth-order valence-corrected chi connectivity index (χ4v) is 3.88. The summed E-state index contributed by atoms with van der Waals surface area (Å²) in [5.41, 5.74) is 2.22. The summed E-state index contributed by atoms with van der Waals surface area (Å²) in [7, 11) is 1.71. The molecule has 28 heavy (non-hydrogen) atoms. The van der Waals surface area contributed by atoms with Crippen LogP contribution in [0.4, 0.5) is 5.69 Å². The first-order chi connectivity index (χ1) is 12.5. The van der Waals surface area contributed by atoms with E-state index in [9.17, 15) is 14.4 Å². The first kappa shape index (κ1) is 22.3. The average Bonchev–Trinajstić information content (AvgIpc) is 2.87. The highest BCUT2D eigenvalue weighted by atomic mass is 35.5. The lowest BCUT2D eigenvalue weighted by Gasteiger charge is -2.25. The Labute approximate surface area is 174 Å². The second-order valence-corrected chi connectivity index (χ2v) is 7.05. The van der Waals surface area contributed by atoms with Crippen molar-refractivity contribution in [1.82, 2.24) is 19.8 Å². The molecule has 0 bridgehead atoms. The molecule has 1 atom stereocenters. The molecule has 1 aromatic carbocycles. The molecule has 1 aromatic heterocycles. The molecule has 2 aliphatic heterocycles. The second-order valence-electron chi connectivity index (χ2n) is 7.05. The predicted octanol–water partition coefficient (Wildman–Crippen LogP) is 1.33. The fraction of sp³-hybridized carbons (Fsp3) is 0.500. The number of halogens is 2. The number of carbonyl (C=O) groups excluding carboxylic acids is 2. The third kappa shape index (κ3) is 4.04. The Bertz CT molecular complexity index is 933. The number of amides is 2. The Balaban J connectivity index is 0.00000140. The summed E-state index contributed by atoms with van der Waals surface area (Å²) in [5.74, 6) is -0.694. The Morgan fingerprint density at radius 2 is 1.75 bits per heavy atom. The van der Waals surface area contributed by atoms with E-state index in [-0.39, 0.29) is 42.8 Å². The molecule has 2 aromatic rings. The molecule has 0 saturated carbocycles. The van der Waals surface area contributed by atoms with Crippen molar-refractivity contribution in [3.05, 3.63) is 28.7 Å². The third-order valence-corrected chi connectivity index (χ3v) is 5.32. The number of aromatic nitrogens is 2. The third-order valence-electron chi connectivity index (χ3n) is 5.32. The summed E-state index contributed by atoms with van der Waals surface area (Å²) >= 11 is 0. The van der Waals surface area contributed by atoms with E-state index in [2.05, 4.69) is 16.0 Å². The highest BCUT2D eigenvalue weighted by Crippen LogP contribution is 2.25. The van der Waals surface area contributed by atoms with E-state index in [0.717, 1.165) is 37.1 Å². The molecular weight excluding hydrogens is 405 g/mol. The zero-order chi connectivity index (χ0) is 18.3. The summed E-state index contributed by atoms with van der Waals surface area (Å²) in [6, 6.07) is 5.56. The first-order valence-corrected chi connectivity index (χ1v) is 9.06. The lowest BCUT2D eigenvalue weighted by molar-refractivity contribution is -0.135. The maximum Gasteiger partial charge on any atom is 0.329 e. The monoisotopic (exact) mass is 429 g/mol. The standard InChI is InChI=1S/C18H23N5O3.2ClH/c1-22-15-10-12(20-11-6-8-19-9-7-11)2-3-13(15)23(18(22)26)14-4-5-16(24)21-17(14)25;;/h2-3,10-11,14,19-20H,4-9H2,1H3,(H,21,24,25);2*1H. The van der Waals surface area contributed by atoms with Gasteiger partial charge in [-0.25, -0.2) is 4.79 Å². The molecule has 2 saturated heterocycles. The van der Waals surface area contributed by atoms with Gasteiger partial charge in [-0.3, -0.25) is 24.0 Å². The van der Waals surface area contributed by atoms with Crippen LogP contribution in [-0.2, 0) is 16.6 Å².